The Balaban J connectivity index is 2.18. The van der Waals surface area contributed by atoms with Crippen molar-refractivity contribution in [1.29, 1.82) is 0 Å². The molecule has 0 fully saturated rings. The van der Waals surface area contributed by atoms with Crippen LogP contribution in [0, 0.1) is 9.39 Å². The fraction of sp³-hybridized carbons (Fsp3) is 0.143. The number of hydrogen-bond donors (Lipinski definition) is 1. The average molecular weight is 421 g/mol. The molecule has 1 nitrogen and oxygen atoms in total. The molecule has 0 saturated carbocycles. The van der Waals surface area contributed by atoms with Gasteiger partial charge in [-0.2, -0.15) is 0 Å². The van der Waals surface area contributed by atoms with Crippen LogP contribution in [0.25, 0.3) is 0 Å². The van der Waals surface area contributed by atoms with Crippen molar-refractivity contribution in [3.05, 3.63) is 67.5 Å². The minimum Gasteiger partial charge on any atom is -0.388 e. The van der Waals surface area contributed by atoms with Crippen molar-refractivity contribution in [2.24, 2.45) is 0 Å². The molecule has 94 valence electrons. The van der Waals surface area contributed by atoms with Crippen molar-refractivity contribution in [3.8, 4) is 0 Å². The number of aliphatic hydroxyl groups is 1. The maximum absolute atomic E-state index is 12.8. The minimum absolute atomic E-state index is 0.260. The molecular formula is C14H11BrFIO. The Labute approximate surface area is 127 Å². The number of halogens is 3. The number of hydrogen-bond acceptors (Lipinski definition) is 1. The van der Waals surface area contributed by atoms with Crippen LogP contribution in [-0.2, 0) is 6.42 Å². The number of benzene rings is 2. The van der Waals surface area contributed by atoms with E-state index in [2.05, 4.69) is 38.5 Å². The molecule has 2 aromatic rings. The lowest BCUT2D eigenvalue weighted by Crippen LogP contribution is -2.03. The Hall–Kier alpha value is -0.460. The standard InChI is InChI=1S/C14H11BrFIO/c15-13-6-5-11(17)8-12(13)14(18)7-9-1-3-10(16)4-2-9/h1-6,8,14,18H,7H2. The van der Waals surface area contributed by atoms with E-state index in [-0.39, 0.29) is 5.82 Å². The van der Waals surface area contributed by atoms with Gasteiger partial charge in [0.15, 0.2) is 0 Å². The minimum atomic E-state index is -0.598. The van der Waals surface area contributed by atoms with Gasteiger partial charge in [-0.25, -0.2) is 4.39 Å². The van der Waals surface area contributed by atoms with Gasteiger partial charge >= 0.3 is 0 Å². The molecule has 18 heavy (non-hydrogen) atoms. The van der Waals surface area contributed by atoms with Crippen molar-refractivity contribution >= 4 is 38.5 Å². The molecule has 2 rings (SSSR count). The highest BCUT2D eigenvalue weighted by Gasteiger charge is 2.12. The first-order valence-electron chi connectivity index (χ1n) is 5.44. The summed E-state index contributed by atoms with van der Waals surface area (Å²) in [4.78, 5) is 0. The SMILES string of the molecule is OC(Cc1ccc(F)cc1)c1cc(I)ccc1Br. The third kappa shape index (κ3) is 3.52. The summed E-state index contributed by atoms with van der Waals surface area (Å²) in [6.07, 6.45) is -0.126. The van der Waals surface area contributed by atoms with Gasteiger partial charge < -0.3 is 5.11 Å². The van der Waals surface area contributed by atoms with Crippen molar-refractivity contribution in [2.45, 2.75) is 12.5 Å². The monoisotopic (exact) mass is 420 g/mol. The Kier molecular flexibility index (Phi) is 4.75. The zero-order chi connectivity index (χ0) is 13.1. The Morgan fingerprint density at radius 3 is 2.50 bits per heavy atom. The smallest absolute Gasteiger partial charge is 0.123 e. The van der Waals surface area contributed by atoms with E-state index in [9.17, 15) is 9.50 Å². The summed E-state index contributed by atoms with van der Waals surface area (Å²) in [5, 5.41) is 10.2. The summed E-state index contributed by atoms with van der Waals surface area (Å²) in [5.41, 5.74) is 1.76. The van der Waals surface area contributed by atoms with Crippen LogP contribution in [0.4, 0.5) is 4.39 Å². The Morgan fingerprint density at radius 1 is 1.17 bits per heavy atom. The van der Waals surface area contributed by atoms with Crippen molar-refractivity contribution < 1.29 is 9.50 Å². The molecule has 0 aliphatic heterocycles. The van der Waals surface area contributed by atoms with E-state index in [1.54, 1.807) is 12.1 Å². The fourth-order valence-electron chi connectivity index (χ4n) is 1.72. The molecule has 0 aliphatic rings. The molecule has 1 atom stereocenters. The summed E-state index contributed by atoms with van der Waals surface area (Å²) in [6.45, 7) is 0. The lowest BCUT2D eigenvalue weighted by molar-refractivity contribution is 0.177. The van der Waals surface area contributed by atoms with Gasteiger partial charge in [-0.05, 0) is 64.0 Å². The topological polar surface area (TPSA) is 20.2 Å². The van der Waals surface area contributed by atoms with Crippen LogP contribution in [-0.4, -0.2) is 5.11 Å². The highest BCUT2D eigenvalue weighted by atomic mass is 127. The lowest BCUT2D eigenvalue weighted by atomic mass is 10.0. The van der Waals surface area contributed by atoms with Gasteiger partial charge in [0.25, 0.3) is 0 Å². The maximum Gasteiger partial charge on any atom is 0.123 e. The second kappa shape index (κ2) is 6.12. The number of aliphatic hydroxyl groups excluding tert-OH is 1. The molecule has 1 N–H and O–H groups in total. The second-order valence-electron chi connectivity index (χ2n) is 4.01. The van der Waals surface area contributed by atoms with Gasteiger partial charge in [0.05, 0.1) is 6.10 Å². The summed E-state index contributed by atoms with van der Waals surface area (Å²) >= 11 is 5.64. The highest BCUT2D eigenvalue weighted by Crippen LogP contribution is 2.27. The van der Waals surface area contributed by atoms with Crippen LogP contribution in [0.15, 0.2) is 46.9 Å². The molecule has 4 heteroatoms. The quantitative estimate of drug-likeness (QED) is 0.726. The molecule has 0 saturated heterocycles. The van der Waals surface area contributed by atoms with E-state index in [4.69, 9.17) is 0 Å². The van der Waals surface area contributed by atoms with E-state index >= 15 is 0 Å². The first-order valence-corrected chi connectivity index (χ1v) is 7.31. The predicted molar refractivity (Wildman–Crippen MR) is 81.9 cm³/mol. The van der Waals surface area contributed by atoms with Crippen LogP contribution in [0.1, 0.15) is 17.2 Å². The summed E-state index contributed by atoms with van der Waals surface area (Å²) in [5.74, 6) is -0.260. The van der Waals surface area contributed by atoms with Crippen LogP contribution >= 0.6 is 38.5 Å². The first kappa shape index (κ1) is 14.0. The van der Waals surface area contributed by atoms with Gasteiger partial charge in [-0.1, -0.05) is 28.1 Å². The highest BCUT2D eigenvalue weighted by molar-refractivity contribution is 14.1. The zero-order valence-electron chi connectivity index (χ0n) is 9.41. The summed E-state index contributed by atoms with van der Waals surface area (Å²) < 4.78 is 14.8. The van der Waals surface area contributed by atoms with Gasteiger partial charge in [-0.3, -0.25) is 0 Å². The lowest BCUT2D eigenvalue weighted by Gasteiger charge is -2.13. The summed E-state index contributed by atoms with van der Waals surface area (Å²) in [7, 11) is 0. The van der Waals surface area contributed by atoms with E-state index in [1.165, 1.54) is 12.1 Å². The van der Waals surface area contributed by atoms with Crippen LogP contribution in [0.5, 0.6) is 0 Å². The molecule has 0 aromatic heterocycles. The first-order chi connectivity index (χ1) is 8.56. The maximum atomic E-state index is 12.8. The third-order valence-electron chi connectivity index (χ3n) is 2.66. The molecule has 0 radical (unpaired) electrons. The molecule has 0 spiro atoms. The molecule has 0 bridgehead atoms. The third-order valence-corrected chi connectivity index (χ3v) is 4.05. The normalized spacial score (nSPS) is 12.4. The molecule has 0 heterocycles. The molecular weight excluding hydrogens is 410 g/mol. The Morgan fingerprint density at radius 2 is 1.83 bits per heavy atom. The number of rotatable bonds is 3. The van der Waals surface area contributed by atoms with E-state index in [0.717, 1.165) is 19.2 Å². The van der Waals surface area contributed by atoms with E-state index in [0.29, 0.717) is 6.42 Å². The summed E-state index contributed by atoms with van der Waals surface area (Å²) in [6, 6.07) is 12.0. The van der Waals surface area contributed by atoms with Crippen LogP contribution in [0.3, 0.4) is 0 Å². The van der Waals surface area contributed by atoms with E-state index in [1.807, 2.05) is 18.2 Å². The zero-order valence-corrected chi connectivity index (χ0v) is 13.2. The van der Waals surface area contributed by atoms with Crippen LogP contribution < -0.4 is 0 Å². The molecule has 1 unspecified atom stereocenters. The van der Waals surface area contributed by atoms with Gasteiger partial charge in [0.2, 0.25) is 0 Å². The van der Waals surface area contributed by atoms with Gasteiger partial charge in [0.1, 0.15) is 5.82 Å². The second-order valence-corrected chi connectivity index (χ2v) is 6.11. The molecule has 0 amide bonds. The van der Waals surface area contributed by atoms with Gasteiger partial charge in [0, 0.05) is 14.5 Å². The van der Waals surface area contributed by atoms with Crippen molar-refractivity contribution in [2.75, 3.05) is 0 Å². The van der Waals surface area contributed by atoms with Gasteiger partial charge in [-0.15, -0.1) is 0 Å². The Bertz CT molecular complexity index is 542. The van der Waals surface area contributed by atoms with Crippen LogP contribution in [0.2, 0.25) is 0 Å². The molecule has 0 aliphatic carbocycles. The molecule has 2 aromatic carbocycles. The van der Waals surface area contributed by atoms with Crippen molar-refractivity contribution in [3.63, 3.8) is 0 Å². The average Bonchev–Trinajstić information content (AvgIpc) is 2.35. The van der Waals surface area contributed by atoms with Crippen molar-refractivity contribution in [1.82, 2.24) is 0 Å². The fourth-order valence-corrected chi connectivity index (χ4v) is 2.75. The van der Waals surface area contributed by atoms with E-state index < -0.39 is 6.10 Å². The predicted octanol–water partition coefficient (Wildman–Crippen LogP) is 4.47. The largest absolute Gasteiger partial charge is 0.388 e.